The largest absolute Gasteiger partial charge is 0.507 e. The predicted molar refractivity (Wildman–Crippen MR) is 95.5 cm³/mol. The standard InChI is InChI=1S/C17H20N4O2Si/c1-24(2,3)7-6-23-11-21-14-10-20-12(9-18)8-13(14)16-15(22)4-5-19-17(16)21/h4-5,8,10H,6-7,11H2,1-3H3,(H,19,22). The molecular formula is C17H20N4O2Si. The summed E-state index contributed by atoms with van der Waals surface area (Å²) >= 11 is 0. The lowest BCUT2D eigenvalue weighted by Crippen LogP contribution is -2.22. The van der Waals surface area contributed by atoms with Gasteiger partial charge in [-0.05, 0) is 18.2 Å². The molecule has 0 atom stereocenters. The molecule has 0 fully saturated rings. The Kier molecular flexibility index (Phi) is 4.26. The normalized spacial score (nSPS) is 11.9. The van der Waals surface area contributed by atoms with Crippen LogP contribution in [-0.2, 0) is 11.5 Å². The van der Waals surface area contributed by atoms with Gasteiger partial charge in [0, 0.05) is 26.3 Å². The molecule has 0 amide bonds. The second-order valence-corrected chi connectivity index (χ2v) is 12.6. The minimum Gasteiger partial charge on any atom is -0.507 e. The summed E-state index contributed by atoms with van der Waals surface area (Å²) in [4.78, 5) is 8.52. The second kappa shape index (κ2) is 6.22. The molecule has 7 heteroatoms. The Balaban J connectivity index is 2.03. The van der Waals surface area contributed by atoms with Crippen molar-refractivity contribution in [3.63, 3.8) is 0 Å². The van der Waals surface area contributed by atoms with E-state index in [-0.39, 0.29) is 5.75 Å². The molecule has 124 valence electrons. The molecule has 0 radical (unpaired) electrons. The minimum atomic E-state index is -1.15. The number of hydrogen-bond donors (Lipinski definition) is 1. The van der Waals surface area contributed by atoms with E-state index in [1.165, 1.54) is 0 Å². The number of pyridine rings is 2. The van der Waals surface area contributed by atoms with Crippen molar-refractivity contribution in [1.29, 1.82) is 5.26 Å². The molecule has 3 rings (SSSR count). The predicted octanol–water partition coefficient (Wildman–Crippen LogP) is 3.47. The molecule has 24 heavy (non-hydrogen) atoms. The van der Waals surface area contributed by atoms with E-state index in [4.69, 9.17) is 10.00 Å². The van der Waals surface area contributed by atoms with E-state index < -0.39 is 8.07 Å². The third kappa shape index (κ3) is 3.11. The van der Waals surface area contributed by atoms with Crippen LogP contribution in [0.1, 0.15) is 5.69 Å². The zero-order chi connectivity index (χ0) is 17.3. The first-order chi connectivity index (χ1) is 11.4. The molecule has 0 saturated heterocycles. The highest BCUT2D eigenvalue weighted by Crippen LogP contribution is 2.33. The molecule has 0 spiro atoms. The third-order valence-corrected chi connectivity index (χ3v) is 5.64. The highest BCUT2D eigenvalue weighted by atomic mass is 28.3. The van der Waals surface area contributed by atoms with Gasteiger partial charge in [-0.1, -0.05) is 19.6 Å². The number of aromatic nitrogens is 3. The van der Waals surface area contributed by atoms with Crippen molar-refractivity contribution < 1.29 is 9.84 Å². The van der Waals surface area contributed by atoms with Crippen molar-refractivity contribution in [2.45, 2.75) is 32.4 Å². The third-order valence-electron chi connectivity index (χ3n) is 3.94. The molecule has 0 aliphatic heterocycles. The van der Waals surface area contributed by atoms with Gasteiger partial charge in [-0.25, -0.2) is 9.97 Å². The molecule has 3 aromatic rings. The van der Waals surface area contributed by atoms with E-state index in [0.717, 1.165) is 16.9 Å². The first kappa shape index (κ1) is 16.4. The van der Waals surface area contributed by atoms with Gasteiger partial charge >= 0.3 is 0 Å². The van der Waals surface area contributed by atoms with Crippen molar-refractivity contribution >= 4 is 30.0 Å². The lowest BCUT2D eigenvalue weighted by molar-refractivity contribution is 0.0925. The number of nitrogens with zero attached hydrogens (tertiary/aromatic N) is 4. The first-order valence-electron chi connectivity index (χ1n) is 7.84. The molecule has 0 saturated carbocycles. The second-order valence-electron chi connectivity index (χ2n) is 7.00. The van der Waals surface area contributed by atoms with Crippen LogP contribution in [0.15, 0.2) is 24.5 Å². The van der Waals surface area contributed by atoms with E-state index in [1.54, 1.807) is 24.5 Å². The van der Waals surface area contributed by atoms with Gasteiger partial charge in [0.25, 0.3) is 0 Å². The number of ether oxygens (including phenoxy) is 1. The maximum absolute atomic E-state index is 10.2. The van der Waals surface area contributed by atoms with Crippen LogP contribution in [0, 0.1) is 11.3 Å². The smallest absolute Gasteiger partial charge is 0.146 e. The molecule has 0 aliphatic rings. The highest BCUT2D eigenvalue weighted by Gasteiger charge is 2.17. The van der Waals surface area contributed by atoms with Crippen LogP contribution in [0.25, 0.3) is 21.9 Å². The molecule has 3 aromatic heterocycles. The Hall–Kier alpha value is -2.43. The summed E-state index contributed by atoms with van der Waals surface area (Å²) < 4.78 is 7.74. The van der Waals surface area contributed by atoms with Crippen molar-refractivity contribution in [2.24, 2.45) is 0 Å². The molecule has 0 aromatic carbocycles. The average molecular weight is 340 g/mol. The van der Waals surface area contributed by atoms with Crippen LogP contribution in [0.2, 0.25) is 25.7 Å². The first-order valence-corrected chi connectivity index (χ1v) is 11.6. The summed E-state index contributed by atoms with van der Waals surface area (Å²) in [7, 11) is -1.15. The SMILES string of the molecule is C[Si](C)(C)CCOCn1c2cnc(C#N)cc2c2c(O)ccnc21. The molecule has 1 N–H and O–H groups in total. The highest BCUT2D eigenvalue weighted by molar-refractivity contribution is 6.76. The fraction of sp³-hybridized carbons (Fsp3) is 0.353. The Morgan fingerprint density at radius 3 is 2.83 bits per heavy atom. The molecule has 3 heterocycles. The van der Waals surface area contributed by atoms with Gasteiger partial charge in [0.2, 0.25) is 0 Å². The van der Waals surface area contributed by atoms with Gasteiger partial charge in [-0.2, -0.15) is 5.26 Å². The Labute approximate surface area is 141 Å². The quantitative estimate of drug-likeness (QED) is 0.568. The van der Waals surface area contributed by atoms with Crippen molar-refractivity contribution in [2.75, 3.05) is 6.61 Å². The van der Waals surface area contributed by atoms with Gasteiger partial charge < -0.3 is 9.84 Å². The number of nitriles is 1. The average Bonchev–Trinajstić information content (AvgIpc) is 2.85. The fourth-order valence-electron chi connectivity index (χ4n) is 2.61. The van der Waals surface area contributed by atoms with Crippen LogP contribution in [-0.4, -0.2) is 34.3 Å². The van der Waals surface area contributed by atoms with Gasteiger partial charge in [-0.3, -0.25) is 4.57 Å². The number of fused-ring (bicyclic) bond motifs is 3. The van der Waals surface area contributed by atoms with Gasteiger partial charge in [0.1, 0.15) is 29.9 Å². The fourth-order valence-corrected chi connectivity index (χ4v) is 3.36. The summed E-state index contributed by atoms with van der Waals surface area (Å²) in [5.74, 6) is 0.140. The summed E-state index contributed by atoms with van der Waals surface area (Å²) in [6.07, 6.45) is 3.20. The lowest BCUT2D eigenvalue weighted by Gasteiger charge is -2.16. The monoisotopic (exact) mass is 340 g/mol. The van der Waals surface area contributed by atoms with E-state index in [1.807, 2.05) is 10.6 Å². The van der Waals surface area contributed by atoms with Crippen LogP contribution in [0.3, 0.4) is 0 Å². The Bertz CT molecular complexity index is 938. The summed E-state index contributed by atoms with van der Waals surface area (Å²) in [6, 6.07) is 6.34. The Morgan fingerprint density at radius 2 is 2.12 bits per heavy atom. The summed E-state index contributed by atoms with van der Waals surface area (Å²) in [5.41, 5.74) is 1.74. The van der Waals surface area contributed by atoms with Gasteiger partial charge in [0.15, 0.2) is 0 Å². The summed E-state index contributed by atoms with van der Waals surface area (Å²) in [6.45, 7) is 7.96. The number of aromatic hydroxyl groups is 1. The molecular weight excluding hydrogens is 320 g/mol. The van der Waals surface area contributed by atoms with Crippen molar-refractivity contribution in [3.8, 4) is 11.8 Å². The number of hydrogen-bond acceptors (Lipinski definition) is 5. The van der Waals surface area contributed by atoms with Gasteiger partial charge in [-0.15, -0.1) is 0 Å². The van der Waals surface area contributed by atoms with Crippen LogP contribution >= 0.6 is 0 Å². The zero-order valence-corrected chi connectivity index (χ0v) is 15.1. The van der Waals surface area contributed by atoms with Crippen molar-refractivity contribution in [3.05, 3.63) is 30.2 Å². The molecule has 6 nitrogen and oxygen atoms in total. The molecule has 0 bridgehead atoms. The maximum Gasteiger partial charge on any atom is 0.146 e. The molecule has 0 unspecified atom stereocenters. The topological polar surface area (TPSA) is 84.0 Å². The minimum absolute atomic E-state index is 0.140. The van der Waals surface area contributed by atoms with Crippen molar-refractivity contribution in [1.82, 2.24) is 14.5 Å². The maximum atomic E-state index is 10.2. The summed E-state index contributed by atoms with van der Waals surface area (Å²) in [5, 5.41) is 20.7. The van der Waals surface area contributed by atoms with Crippen LogP contribution in [0.5, 0.6) is 5.75 Å². The molecule has 0 aliphatic carbocycles. The zero-order valence-electron chi connectivity index (χ0n) is 14.1. The van der Waals surface area contributed by atoms with Crippen LogP contribution in [0.4, 0.5) is 0 Å². The van der Waals surface area contributed by atoms with E-state index in [2.05, 4.69) is 29.6 Å². The van der Waals surface area contributed by atoms with E-state index in [9.17, 15) is 5.11 Å². The number of rotatable bonds is 5. The van der Waals surface area contributed by atoms with E-state index in [0.29, 0.717) is 30.1 Å². The van der Waals surface area contributed by atoms with Crippen LogP contribution < -0.4 is 0 Å². The Morgan fingerprint density at radius 1 is 1.33 bits per heavy atom. The van der Waals surface area contributed by atoms with E-state index >= 15 is 0 Å². The lowest BCUT2D eigenvalue weighted by atomic mass is 10.2. The van der Waals surface area contributed by atoms with Gasteiger partial charge in [0.05, 0.1) is 17.1 Å².